The fraction of sp³-hybridized carbons (Fsp3) is 0.263. The van der Waals surface area contributed by atoms with E-state index < -0.39 is 6.10 Å². The van der Waals surface area contributed by atoms with Gasteiger partial charge in [0.15, 0.2) is 0 Å². The summed E-state index contributed by atoms with van der Waals surface area (Å²) in [7, 11) is 2.03. The van der Waals surface area contributed by atoms with Gasteiger partial charge in [-0.1, -0.05) is 72.8 Å². The van der Waals surface area contributed by atoms with Crippen LogP contribution in [-0.4, -0.2) is 29.6 Å². The number of hydrogen-bond acceptors (Lipinski definition) is 2. The van der Waals surface area contributed by atoms with Crippen molar-refractivity contribution in [2.24, 2.45) is 0 Å². The van der Waals surface area contributed by atoms with E-state index in [1.54, 1.807) is 0 Å². The van der Waals surface area contributed by atoms with Crippen molar-refractivity contribution in [2.75, 3.05) is 13.6 Å². The van der Waals surface area contributed by atoms with E-state index >= 15 is 0 Å². The van der Waals surface area contributed by atoms with Crippen LogP contribution >= 0.6 is 0 Å². The molecular formula is C19H23NO. The van der Waals surface area contributed by atoms with Gasteiger partial charge in [0.05, 0.1) is 6.10 Å². The molecule has 2 rings (SSSR count). The van der Waals surface area contributed by atoms with E-state index in [1.165, 1.54) is 5.56 Å². The third-order valence-corrected chi connectivity index (χ3v) is 3.80. The van der Waals surface area contributed by atoms with Crippen molar-refractivity contribution in [3.05, 3.63) is 77.9 Å². The zero-order valence-corrected chi connectivity index (χ0v) is 12.7. The van der Waals surface area contributed by atoms with Crippen molar-refractivity contribution in [3.8, 4) is 0 Å². The summed E-state index contributed by atoms with van der Waals surface area (Å²) in [5.74, 6) is 0. The van der Waals surface area contributed by atoms with Gasteiger partial charge in [-0.05, 0) is 25.1 Å². The first-order chi connectivity index (χ1) is 10.2. The van der Waals surface area contributed by atoms with Crippen LogP contribution in [0.2, 0.25) is 0 Å². The van der Waals surface area contributed by atoms with Crippen LogP contribution in [0.3, 0.4) is 0 Å². The van der Waals surface area contributed by atoms with Gasteiger partial charge in [-0.3, -0.25) is 4.90 Å². The number of aliphatic hydroxyl groups is 1. The Morgan fingerprint density at radius 1 is 1.00 bits per heavy atom. The Morgan fingerprint density at radius 3 is 2.19 bits per heavy atom. The van der Waals surface area contributed by atoms with Crippen LogP contribution in [0.25, 0.3) is 6.08 Å². The Hall–Kier alpha value is -1.90. The van der Waals surface area contributed by atoms with Gasteiger partial charge in [0.1, 0.15) is 0 Å². The molecule has 0 heterocycles. The molecule has 0 aliphatic rings. The van der Waals surface area contributed by atoms with E-state index in [9.17, 15) is 5.11 Å². The molecule has 2 atom stereocenters. The summed E-state index contributed by atoms with van der Waals surface area (Å²) in [5.41, 5.74) is 2.16. The first-order valence-corrected chi connectivity index (χ1v) is 7.33. The van der Waals surface area contributed by atoms with Crippen molar-refractivity contribution in [3.63, 3.8) is 0 Å². The Morgan fingerprint density at radius 2 is 1.57 bits per heavy atom. The first-order valence-electron chi connectivity index (χ1n) is 7.33. The minimum absolute atomic E-state index is 0.0628. The Kier molecular flexibility index (Phi) is 5.73. The molecule has 0 saturated heterocycles. The number of benzene rings is 2. The summed E-state index contributed by atoms with van der Waals surface area (Å²) in [4.78, 5) is 2.15. The van der Waals surface area contributed by atoms with E-state index in [1.807, 2.05) is 62.5 Å². The summed E-state index contributed by atoms with van der Waals surface area (Å²) < 4.78 is 0. The van der Waals surface area contributed by atoms with Gasteiger partial charge in [0.25, 0.3) is 0 Å². The van der Waals surface area contributed by atoms with Crippen molar-refractivity contribution >= 4 is 6.08 Å². The van der Waals surface area contributed by atoms with E-state index in [0.717, 1.165) is 12.1 Å². The molecule has 0 aliphatic heterocycles. The SMILES string of the molecule is C[C@@H]([C@H](O)c1ccccc1)N(C)CC=Cc1ccccc1. The molecule has 1 N–H and O–H groups in total. The van der Waals surface area contributed by atoms with Gasteiger partial charge < -0.3 is 5.11 Å². The Labute approximate surface area is 127 Å². The van der Waals surface area contributed by atoms with Crippen LogP contribution < -0.4 is 0 Å². The number of aliphatic hydroxyl groups excluding tert-OH is 1. The smallest absolute Gasteiger partial charge is 0.0942 e. The molecule has 2 aromatic carbocycles. The molecule has 0 radical (unpaired) electrons. The second kappa shape index (κ2) is 7.77. The third kappa shape index (κ3) is 4.55. The van der Waals surface area contributed by atoms with Gasteiger partial charge >= 0.3 is 0 Å². The molecule has 0 fully saturated rings. The maximum absolute atomic E-state index is 10.4. The average Bonchev–Trinajstić information content (AvgIpc) is 2.55. The molecule has 0 aromatic heterocycles. The third-order valence-electron chi connectivity index (χ3n) is 3.80. The normalized spacial score (nSPS) is 14.5. The highest BCUT2D eigenvalue weighted by Crippen LogP contribution is 2.19. The van der Waals surface area contributed by atoms with Gasteiger partial charge in [0, 0.05) is 12.6 Å². The van der Waals surface area contributed by atoms with Gasteiger partial charge in [-0.15, -0.1) is 0 Å². The van der Waals surface area contributed by atoms with Gasteiger partial charge in [0.2, 0.25) is 0 Å². The van der Waals surface area contributed by atoms with Crippen LogP contribution in [0.5, 0.6) is 0 Å². The molecule has 0 bridgehead atoms. The first kappa shape index (κ1) is 15.5. The van der Waals surface area contributed by atoms with E-state index in [0.29, 0.717) is 0 Å². The lowest BCUT2D eigenvalue weighted by Crippen LogP contribution is -2.34. The summed E-state index contributed by atoms with van der Waals surface area (Å²) >= 11 is 0. The Bertz CT molecular complexity index is 550. The maximum Gasteiger partial charge on any atom is 0.0942 e. The largest absolute Gasteiger partial charge is 0.387 e. The highest BCUT2D eigenvalue weighted by Gasteiger charge is 2.19. The number of hydrogen-bond donors (Lipinski definition) is 1. The molecule has 2 heteroatoms. The van der Waals surface area contributed by atoms with Crippen LogP contribution in [0.15, 0.2) is 66.7 Å². The standard InChI is InChI=1S/C19H23NO/c1-16(19(21)18-13-7-4-8-14-18)20(2)15-9-12-17-10-5-3-6-11-17/h3-14,16,19,21H,15H2,1-2H3/t16-,19-/m0/s1. The predicted octanol–water partition coefficient (Wildman–Crippen LogP) is 3.75. The van der Waals surface area contributed by atoms with Crippen LogP contribution in [0.4, 0.5) is 0 Å². The number of likely N-dealkylation sites (N-methyl/N-ethyl adjacent to an activating group) is 1. The maximum atomic E-state index is 10.4. The minimum Gasteiger partial charge on any atom is -0.387 e. The summed E-state index contributed by atoms with van der Waals surface area (Å²) in [6.45, 7) is 2.86. The van der Waals surface area contributed by atoms with E-state index in [4.69, 9.17) is 0 Å². The van der Waals surface area contributed by atoms with Crippen LogP contribution in [0, 0.1) is 0 Å². The molecule has 0 spiro atoms. The molecule has 2 aromatic rings. The molecule has 2 nitrogen and oxygen atoms in total. The van der Waals surface area contributed by atoms with Crippen molar-refractivity contribution in [1.29, 1.82) is 0 Å². The second-order valence-electron chi connectivity index (χ2n) is 5.35. The van der Waals surface area contributed by atoms with Crippen molar-refractivity contribution in [2.45, 2.75) is 19.1 Å². The number of rotatable bonds is 6. The molecule has 0 aliphatic carbocycles. The fourth-order valence-corrected chi connectivity index (χ4v) is 2.26. The summed E-state index contributed by atoms with van der Waals surface area (Å²) in [6, 6.07) is 20.1. The highest BCUT2D eigenvalue weighted by molar-refractivity contribution is 5.48. The fourth-order valence-electron chi connectivity index (χ4n) is 2.26. The zero-order chi connectivity index (χ0) is 15.1. The van der Waals surface area contributed by atoms with Gasteiger partial charge in [-0.25, -0.2) is 0 Å². The zero-order valence-electron chi connectivity index (χ0n) is 12.7. The average molecular weight is 281 g/mol. The molecule has 0 unspecified atom stereocenters. The van der Waals surface area contributed by atoms with Crippen molar-refractivity contribution < 1.29 is 5.11 Å². The van der Waals surface area contributed by atoms with Crippen molar-refractivity contribution in [1.82, 2.24) is 4.90 Å². The predicted molar refractivity (Wildman–Crippen MR) is 89.0 cm³/mol. The molecule has 110 valence electrons. The lowest BCUT2D eigenvalue weighted by atomic mass is 10.0. The number of nitrogens with zero attached hydrogens (tertiary/aromatic N) is 1. The van der Waals surface area contributed by atoms with E-state index in [-0.39, 0.29) is 6.04 Å². The van der Waals surface area contributed by atoms with Gasteiger partial charge in [-0.2, -0.15) is 0 Å². The topological polar surface area (TPSA) is 23.5 Å². The molecule has 21 heavy (non-hydrogen) atoms. The molecule has 0 saturated carbocycles. The van der Waals surface area contributed by atoms with E-state index in [2.05, 4.69) is 29.2 Å². The molecule has 0 amide bonds. The Balaban J connectivity index is 1.91. The summed E-state index contributed by atoms with van der Waals surface area (Å²) in [6.07, 6.45) is 3.77. The van der Waals surface area contributed by atoms with Crippen LogP contribution in [0.1, 0.15) is 24.2 Å². The molecular weight excluding hydrogens is 258 g/mol. The lowest BCUT2D eigenvalue weighted by molar-refractivity contribution is 0.0787. The minimum atomic E-state index is -0.471. The monoisotopic (exact) mass is 281 g/mol. The second-order valence-corrected chi connectivity index (χ2v) is 5.35. The summed E-state index contributed by atoms with van der Waals surface area (Å²) in [5, 5.41) is 10.4. The highest BCUT2D eigenvalue weighted by atomic mass is 16.3. The van der Waals surface area contributed by atoms with Crippen LogP contribution in [-0.2, 0) is 0 Å². The quantitative estimate of drug-likeness (QED) is 0.871. The lowest BCUT2D eigenvalue weighted by Gasteiger charge is -2.28.